The number of halogens is 1. The molecule has 0 unspecified atom stereocenters. The van der Waals surface area contributed by atoms with Crippen molar-refractivity contribution >= 4 is 15.9 Å². The van der Waals surface area contributed by atoms with Gasteiger partial charge in [-0.3, -0.25) is 0 Å². The van der Waals surface area contributed by atoms with Crippen molar-refractivity contribution in [1.82, 2.24) is 0 Å². The van der Waals surface area contributed by atoms with Gasteiger partial charge in [0.1, 0.15) is 0 Å². The van der Waals surface area contributed by atoms with E-state index in [-0.39, 0.29) is 0 Å². The summed E-state index contributed by atoms with van der Waals surface area (Å²) in [6, 6.07) is 6.54. The first-order valence-corrected chi connectivity index (χ1v) is 5.94. The summed E-state index contributed by atoms with van der Waals surface area (Å²) in [4.78, 5) is 0. The Hall–Kier alpha value is -0.340. The number of hydrogen-bond acceptors (Lipinski definition) is 1. The van der Waals surface area contributed by atoms with Crippen LogP contribution in [-0.2, 0) is 5.41 Å². The number of rotatable bonds is 2. The highest BCUT2D eigenvalue weighted by Gasteiger charge is 2.38. The van der Waals surface area contributed by atoms with Gasteiger partial charge in [0, 0.05) is 16.4 Å². The first-order valence-electron chi connectivity index (χ1n) is 5.15. The highest BCUT2D eigenvalue weighted by molar-refractivity contribution is 9.10. The zero-order valence-electron chi connectivity index (χ0n) is 8.52. The molecule has 1 nitrogen and oxygen atoms in total. The first kappa shape index (κ1) is 10.2. The average Bonchev–Trinajstić information content (AvgIpc) is 2.07. The maximum atomic E-state index is 5.90. The van der Waals surface area contributed by atoms with Crippen LogP contribution in [0.2, 0.25) is 0 Å². The predicted molar refractivity (Wildman–Crippen MR) is 63.5 cm³/mol. The molecule has 2 heteroatoms. The first-order chi connectivity index (χ1) is 6.68. The normalized spacial score (nSPS) is 19.1. The molecule has 1 aliphatic rings. The Labute approximate surface area is 93.8 Å². The molecule has 1 saturated carbocycles. The van der Waals surface area contributed by atoms with E-state index >= 15 is 0 Å². The lowest BCUT2D eigenvalue weighted by atomic mass is 9.63. The fourth-order valence-electron chi connectivity index (χ4n) is 2.41. The Morgan fingerprint density at radius 3 is 2.57 bits per heavy atom. The Morgan fingerprint density at radius 1 is 1.43 bits per heavy atom. The van der Waals surface area contributed by atoms with Gasteiger partial charge in [0.25, 0.3) is 0 Å². The highest BCUT2D eigenvalue weighted by Crippen LogP contribution is 2.44. The van der Waals surface area contributed by atoms with E-state index in [9.17, 15) is 0 Å². The molecule has 2 N–H and O–H groups in total. The minimum Gasteiger partial charge on any atom is -0.330 e. The van der Waals surface area contributed by atoms with E-state index in [0.717, 1.165) is 11.0 Å². The second-order valence-corrected chi connectivity index (χ2v) is 5.21. The molecule has 1 fully saturated rings. The van der Waals surface area contributed by atoms with Crippen molar-refractivity contribution in [2.75, 3.05) is 6.54 Å². The van der Waals surface area contributed by atoms with Crippen LogP contribution in [0.15, 0.2) is 22.7 Å². The van der Waals surface area contributed by atoms with Gasteiger partial charge < -0.3 is 5.73 Å². The van der Waals surface area contributed by atoms with Crippen molar-refractivity contribution < 1.29 is 0 Å². The molecule has 1 aromatic carbocycles. The lowest BCUT2D eigenvalue weighted by molar-refractivity contribution is 0.252. The molecule has 0 bridgehead atoms. The van der Waals surface area contributed by atoms with Crippen LogP contribution in [0.25, 0.3) is 0 Å². The summed E-state index contributed by atoms with van der Waals surface area (Å²) in [5.41, 5.74) is 9.01. The summed E-state index contributed by atoms with van der Waals surface area (Å²) in [6.07, 6.45) is 3.84. The van der Waals surface area contributed by atoms with Gasteiger partial charge >= 0.3 is 0 Å². The molecular formula is C12H16BrN. The predicted octanol–water partition coefficient (Wildman–Crippen LogP) is 3.14. The molecule has 0 amide bonds. The van der Waals surface area contributed by atoms with E-state index in [4.69, 9.17) is 5.73 Å². The Balaban J connectivity index is 2.40. The second kappa shape index (κ2) is 3.67. The number of nitrogens with two attached hydrogens (primary N) is 1. The lowest BCUT2D eigenvalue weighted by Gasteiger charge is -2.42. The van der Waals surface area contributed by atoms with Crippen LogP contribution in [-0.4, -0.2) is 6.54 Å². The summed E-state index contributed by atoms with van der Waals surface area (Å²) in [7, 11) is 0. The van der Waals surface area contributed by atoms with E-state index in [2.05, 4.69) is 41.1 Å². The van der Waals surface area contributed by atoms with Gasteiger partial charge in [0.05, 0.1) is 0 Å². The number of aryl methyl sites for hydroxylation is 1. The van der Waals surface area contributed by atoms with Gasteiger partial charge in [-0.15, -0.1) is 0 Å². The molecule has 0 aliphatic heterocycles. The van der Waals surface area contributed by atoms with E-state index in [1.165, 1.54) is 30.4 Å². The molecule has 0 saturated heterocycles. The number of hydrogen-bond donors (Lipinski definition) is 1. The SMILES string of the molecule is Cc1cc(Br)ccc1C1(CN)CCC1. The van der Waals surface area contributed by atoms with E-state index in [1.807, 2.05) is 0 Å². The van der Waals surface area contributed by atoms with Crippen molar-refractivity contribution in [1.29, 1.82) is 0 Å². The Bertz CT molecular complexity index is 337. The van der Waals surface area contributed by atoms with Gasteiger partial charge in [-0.1, -0.05) is 28.4 Å². The summed E-state index contributed by atoms with van der Waals surface area (Å²) in [5, 5.41) is 0. The number of benzene rings is 1. The van der Waals surface area contributed by atoms with Gasteiger partial charge in [-0.25, -0.2) is 0 Å². The smallest absolute Gasteiger partial charge is 0.0178 e. The largest absolute Gasteiger partial charge is 0.330 e. The fourth-order valence-corrected chi connectivity index (χ4v) is 2.88. The molecule has 0 spiro atoms. The second-order valence-electron chi connectivity index (χ2n) is 4.30. The minimum atomic E-state index is 0.296. The molecule has 0 heterocycles. The molecule has 1 aliphatic carbocycles. The zero-order chi connectivity index (χ0) is 10.2. The van der Waals surface area contributed by atoms with Crippen LogP contribution in [0.3, 0.4) is 0 Å². The van der Waals surface area contributed by atoms with E-state index < -0.39 is 0 Å². The monoisotopic (exact) mass is 253 g/mol. The molecule has 14 heavy (non-hydrogen) atoms. The van der Waals surface area contributed by atoms with Crippen molar-refractivity contribution in [3.8, 4) is 0 Å². The van der Waals surface area contributed by atoms with Crippen LogP contribution in [0, 0.1) is 6.92 Å². The van der Waals surface area contributed by atoms with Crippen LogP contribution >= 0.6 is 15.9 Å². The Kier molecular flexibility index (Phi) is 2.67. The molecule has 1 aromatic rings. The Morgan fingerprint density at radius 2 is 2.14 bits per heavy atom. The van der Waals surface area contributed by atoms with Crippen molar-refractivity contribution in [3.63, 3.8) is 0 Å². The maximum absolute atomic E-state index is 5.90. The lowest BCUT2D eigenvalue weighted by Crippen LogP contribution is -2.42. The molecule has 0 aromatic heterocycles. The highest BCUT2D eigenvalue weighted by atomic mass is 79.9. The van der Waals surface area contributed by atoms with Crippen LogP contribution < -0.4 is 5.73 Å². The minimum absolute atomic E-state index is 0.296. The molecule has 0 radical (unpaired) electrons. The third-order valence-corrected chi connectivity index (χ3v) is 3.95. The van der Waals surface area contributed by atoms with Crippen molar-refractivity contribution in [2.45, 2.75) is 31.6 Å². The molecule has 2 rings (SSSR count). The van der Waals surface area contributed by atoms with Gasteiger partial charge in [0.2, 0.25) is 0 Å². The van der Waals surface area contributed by atoms with E-state index in [1.54, 1.807) is 0 Å². The van der Waals surface area contributed by atoms with Crippen LogP contribution in [0.4, 0.5) is 0 Å². The van der Waals surface area contributed by atoms with Gasteiger partial charge in [-0.05, 0) is 43.0 Å². The summed E-state index contributed by atoms with van der Waals surface area (Å²) < 4.78 is 1.16. The summed E-state index contributed by atoms with van der Waals surface area (Å²) in [5.74, 6) is 0. The summed E-state index contributed by atoms with van der Waals surface area (Å²) in [6.45, 7) is 2.96. The quantitative estimate of drug-likeness (QED) is 0.862. The van der Waals surface area contributed by atoms with Gasteiger partial charge in [-0.2, -0.15) is 0 Å². The third kappa shape index (κ3) is 1.51. The third-order valence-electron chi connectivity index (χ3n) is 3.46. The molecule has 76 valence electrons. The topological polar surface area (TPSA) is 26.0 Å². The maximum Gasteiger partial charge on any atom is 0.0178 e. The van der Waals surface area contributed by atoms with E-state index in [0.29, 0.717) is 5.41 Å². The van der Waals surface area contributed by atoms with Crippen LogP contribution in [0.1, 0.15) is 30.4 Å². The van der Waals surface area contributed by atoms with Gasteiger partial charge in [0.15, 0.2) is 0 Å². The van der Waals surface area contributed by atoms with Crippen molar-refractivity contribution in [3.05, 3.63) is 33.8 Å². The molecular weight excluding hydrogens is 238 g/mol. The van der Waals surface area contributed by atoms with Crippen molar-refractivity contribution in [2.24, 2.45) is 5.73 Å². The summed E-state index contributed by atoms with van der Waals surface area (Å²) >= 11 is 3.49. The molecule has 0 atom stereocenters. The fraction of sp³-hybridized carbons (Fsp3) is 0.500. The van der Waals surface area contributed by atoms with Crippen LogP contribution in [0.5, 0.6) is 0 Å². The zero-order valence-corrected chi connectivity index (χ0v) is 10.1. The standard InChI is InChI=1S/C12H16BrN/c1-9-7-10(13)3-4-11(9)12(8-14)5-2-6-12/h3-4,7H,2,5-6,8,14H2,1H3. The average molecular weight is 254 g/mol.